The fraction of sp³-hybridized carbons (Fsp3) is 0.714. The Bertz CT molecular complexity index is 797. The Morgan fingerprint density at radius 2 is 1.61 bits per heavy atom. The molecule has 180 valence electrons. The average molecular weight is 489 g/mol. The highest BCUT2D eigenvalue weighted by molar-refractivity contribution is 7.86. The fourth-order valence-corrected chi connectivity index (χ4v) is 2.77. The van der Waals surface area contributed by atoms with E-state index in [1.54, 1.807) is 0 Å². The predicted molar refractivity (Wildman–Crippen MR) is 84.7 cm³/mol. The topological polar surface area (TPSA) is 125 Å². The van der Waals surface area contributed by atoms with Crippen molar-refractivity contribution in [1.29, 1.82) is 0 Å². The quantitative estimate of drug-likeness (QED) is 0.164. The van der Waals surface area contributed by atoms with Gasteiger partial charge in [-0.1, -0.05) is 6.58 Å². The zero-order valence-corrected chi connectivity index (χ0v) is 16.2. The Morgan fingerprint density at radius 3 is 2.03 bits per heavy atom. The number of hydrogen-bond donors (Lipinski definition) is 1. The maximum absolute atomic E-state index is 13.7. The molecule has 0 aromatic carbocycles. The minimum Gasteiger partial charge on any atom is -0.743 e. The highest BCUT2D eigenvalue weighted by Crippen LogP contribution is 2.42. The highest BCUT2D eigenvalue weighted by Gasteiger charge is 2.68. The monoisotopic (exact) mass is 489 g/mol. The summed E-state index contributed by atoms with van der Waals surface area (Å²) in [6, 6.07) is 0. The van der Waals surface area contributed by atoms with Crippen molar-refractivity contribution in [3.8, 4) is 0 Å². The lowest BCUT2D eigenvalue weighted by atomic mass is 10.2. The van der Waals surface area contributed by atoms with Crippen molar-refractivity contribution >= 4 is 22.0 Å². The second-order valence-corrected chi connectivity index (χ2v) is 7.48. The molecule has 0 saturated carbocycles. The molecule has 1 N–H and O–H groups in total. The first-order valence-electron chi connectivity index (χ1n) is 8.20. The molecule has 0 aliphatic carbocycles. The second kappa shape index (κ2) is 9.25. The summed E-state index contributed by atoms with van der Waals surface area (Å²) in [6.45, 7) is 0.120. The molecule has 1 aliphatic heterocycles. The molecule has 1 unspecified atom stereocenters. The molecule has 1 aliphatic rings. The SMILES string of the molecule is C=CC(=O)OC(OCCC(F)(F)C(F)(F)S(=O)(=O)[O-])(C(=O)N1CCNCC1)C(F)(F)F. The van der Waals surface area contributed by atoms with Gasteiger partial charge in [0.2, 0.25) is 0 Å². The second-order valence-electron chi connectivity index (χ2n) is 6.06. The minimum atomic E-state index is -6.90. The number of alkyl halides is 7. The Labute approximate surface area is 170 Å². The van der Waals surface area contributed by atoms with E-state index in [9.17, 15) is 53.3 Å². The van der Waals surface area contributed by atoms with Crippen LogP contribution in [0.3, 0.4) is 0 Å². The van der Waals surface area contributed by atoms with Crippen molar-refractivity contribution in [2.45, 2.75) is 29.6 Å². The molecule has 1 saturated heterocycles. The van der Waals surface area contributed by atoms with E-state index in [2.05, 4.69) is 21.4 Å². The molecule has 0 aromatic rings. The molecular weight excluding hydrogens is 473 g/mol. The standard InChI is InChI=1S/C14H17F7N2O7S/c1-2-9(24)30-12(13(17,18)19,10(25)23-6-4-22-5-7-23)29-8-3-11(15,16)14(20,21)31(26,27)28/h2,22H,1,3-8H2,(H,26,27,28)/p-1. The molecule has 17 heteroatoms. The highest BCUT2D eigenvalue weighted by atomic mass is 32.2. The summed E-state index contributed by atoms with van der Waals surface area (Å²) in [7, 11) is -6.90. The molecule has 0 bridgehead atoms. The van der Waals surface area contributed by atoms with Gasteiger partial charge in [-0.25, -0.2) is 13.2 Å². The first-order valence-corrected chi connectivity index (χ1v) is 9.61. The molecule has 1 heterocycles. The number of halogens is 7. The molecule has 0 aromatic heterocycles. The maximum Gasteiger partial charge on any atom is 0.466 e. The van der Waals surface area contributed by atoms with Crippen LogP contribution in [0.15, 0.2) is 12.7 Å². The largest absolute Gasteiger partial charge is 0.743 e. The maximum atomic E-state index is 13.7. The molecule has 1 atom stereocenters. The molecule has 9 nitrogen and oxygen atoms in total. The van der Waals surface area contributed by atoms with Gasteiger partial charge in [-0.3, -0.25) is 4.79 Å². The third-order valence-corrected chi connectivity index (χ3v) is 4.86. The number of esters is 1. The number of amides is 1. The third-order valence-electron chi connectivity index (χ3n) is 3.93. The molecule has 31 heavy (non-hydrogen) atoms. The number of ether oxygens (including phenoxy) is 2. The summed E-state index contributed by atoms with van der Waals surface area (Å²) in [4.78, 5) is 24.4. The van der Waals surface area contributed by atoms with Gasteiger partial charge in [0.25, 0.3) is 0 Å². The summed E-state index contributed by atoms with van der Waals surface area (Å²) in [5.41, 5.74) is 0. The summed E-state index contributed by atoms with van der Waals surface area (Å²) < 4.78 is 134. The number of nitrogens with zero attached hydrogens (tertiary/aromatic N) is 1. The van der Waals surface area contributed by atoms with Gasteiger partial charge in [0.05, 0.1) is 6.61 Å². The van der Waals surface area contributed by atoms with Crippen LogP contribution in [0.25, 0.3) is 0 Å². The minimum absolute atomic E-state index is 0.0146. The zero-order valence-electron chi connectivity index (χ0n) is 15.4. The summed E-state index contributed by atoms with van der Waals surface area (Å²) in [5.74, 6) is -14.1. The van der Waals surface area contributed by atoms with Gasteiger partial charge >= 0.3 is 35.0 Å². The van der Waals surface area contributed by atoms with Crippen LogP contribution in [0.4, 0.5) is 30.7 Å². The lowest BCUT2D eigenvalue weighted by molar-refractivity contribution is -0.352. The van der Waals surface area contributed by atoms with Crippen molar-refractivity contribution in [3.05, 3.63) is 12.7 Å². The van der Waals surface area contributed by atoms with Crippen molar-refractivity contribution < 1.29 is 62.8 Å². The van der Waals surface area contributed by atoms with Gasteiger partial charge in [0, 0.05) is 38.7 Å². The molecular formula is C14H16F7N2O7S-. The van der Waals surface area contributed by atoms with Crippen LogP contribution in [0, 0.1) is 0 Å². The van der Waals surface area contributed by atoms with Crippen molar-refractivity contribution in [2.24, 2.45) is 0 Å². The van der Waals surface area contributed by atoms with Crippen molar-refractivity contribution in [3.63, 3.8) is 0 Å². The molecule has 1 fully saturated rings. The van der Waals surface area contributed by atoms with Gasteiger partial charge in [0.15, 0.2) is 10.1 Å². The number of carbonyl (C=O) groups excluding carboxylic acids is 2. The van der Waals surface area contributed by atoms with Gasteiger partial charge in [-0.15, -0.1) is 0 Å². The zero-order chi connectivity index (χ0) is 24.3. The number of nitrogens with one attached hydrogen (secondary N) is 1. The average Bonchev–Trinajstić information content (AvgIpc) is 2.65. The Morgan fingerprint density at radius 1 is 1.10 bits per heavy atom. The van der Waals surface area contributed by atoms with E-state index in [0.717, 1.165) is 0 Å². The van der Waals surface area contributed by atoms with Crippen LogP contribution < -0.4 is 5.32 Å². The fourth-order valence-electron chi connectivity index (χ4n) is 2.31. The number of rotatable bonds is 9. The van der Waals surface area contributed by atoms with Crippen LogP contribution in [-0.4, -0.2) is 85.7 Å². The third kappa shape index (κ3) is 5.64. The van der Waals surface area contributed by atoms with Gasteiger partial charge < -0.3 is 24.2 Å². The normalized spacial score (nSPS) is 18.3. The van der Waals surface area contributed by atoms with E-state index < -0.39 is 58.2 Å². The Hall–Kier alpha value is -1.98. The molecule has 1 rings (SSSR count). The summed E-state index contributed by atoms with van der Waals surface area (Å²) >= 11 is 0. The number of hydrogen-bond acceptors (Lipinski definition) is 8. The van der Waals surface area contributed by atoms with Gasteiger partial charge in [0.1, 0.15) is 0 Å². The van der Waals surface area contributed by atoms with Gasteiger partial charge in [-0.2, -0.15) is 30.7 Å². The van der Waals surface area contributed by atoms with Crippen molar-refractivity contribution in [1.82, 2.24) is 10.2 Å². The first-order chi connectivity index (χ1) is 13.9. The van der Waals surface area contributed by atoms with E-state index in [4.69, 9.17) is 0 Å². The van der Waals surface area contributed by atoms with E-state index in [1.807, 2.05) is 0 Å². The van der Waals surface area contributed by atoms with Crippen LogP contribution in [0.1, 0.15) is 6.42 Å². The number of piperazine rings is 1. The lowest BCUT2D eigenvalue weighted by Gasteiger charge is -2.38. The van der Waals surface area contributed by atoms with Gasteiger partial charge in [-0.05, 0) is 0 Å². The van der Waals surface area contributed by atoms with E-state index >= 15 is 0 Å². The lowest BCUT2D eigenvalue weighted by Crippen LogP contribution is -2.64. The molecule has 0 radical (unpaired) electrons. The Kier molecular flexibility index (Phi) is 8.08. The summed E-state index contributed by atoms with van der Waals surface area (Å²) in [6.07, 6.45) is -8.13. The molecule has 0 spiro atoms. The summed E-state index contributed by atoms with van der Waals surface area (Å²) in [5, 5.41) is -3.49. The number of carbonyl (C=O) groups is 2. The van der Waals surface area contributed by atoms with Crippen LogP contribution in [0.2, 0.25) is 0 Å². The predicted octanol–water partition coefficient (Wildman–Crippen LogP) is 0.586. The van der Waals surface area contributed by atoms with Crippen LogP contribution in [0.5, 0.6) is 0 Å². The Balaban J connectivity index is 3.26. The van der Waals surface area contributed by atoms with E-state index in [-0.39, 0.29) is 32.3 Å². The van der Waals surface area contributed by atoms with E-state index in [0.29, 0.717) is 4.90 Å². The smallest absolute Gasteiger partial charge is 0.466 e. The molecule has 1 amide bonds. The first kappa shape index (κ1) is 27.1. The van der Waals surface area contributed by atoms with E-state index in [1.165, 1.54) is 0 Å². The van der Waals surface area contributed by atoms with Crippen molar-refractivity contribution in [2.75, 3.05) is 32.8 Å². The van der Waals surface area contributed by atoms with Crippen LogP contribution >= 0.6 is 0 Å². The van der Waals surface area contributed by atoms with Crippen LogP contribution in [-0.2, 0) is 29.2 Å².